The van der Waals surface area contributed by atoms with Gasteiger partial charge in [0.15, 0.2) is 5.43 Å². The van der Waals surface area contributed by atoms with E-state index < -0.39 is 0 Å². The number of hydrogen-bond acceptors (Lipinski definition) is 3. The molecule has 0 bridgehead atoms. The minimum Gasteiger partial charge on any atom is -0.438 e. The van der Waals surface area contributed by atoms with Crippen molar-refractivity contribution in [3.63, 3.8) is 0 Å². The van der Waals surface area contributed by atoms with E-state index in [0.717, 1.165) is 10.9 Å². The van der Waals surface area contributed by atoms with Crippen molar-refractivity contribution in [1.82, 2.24) is 9.78 Å². The third kappa shape index (κ3) is 1.62. The topological polar surface area (TPSA) is 48.0 Å². The van der Waals surface area contributed by atoms with Gasteiger partial charge in [0.2, 0.25) is 5.88 Å². The molecule has 0 N–H and O–H groups in total. The monoisotopic (exact) mass is 262 g/mol. The largest absolute Gasteiger partial charge is 0.438 e. The Morgan fingerprint density at radius 2 is 1.80 bits per heavy atom. The van der Waals surface area contributed by atoms with Gasteiger partial charge in [0, 0.05) is 17.6 Å². The zero-order chi connectivity index (χ0) is 13.5. The van der Waals surface area contributed by atoms with E-state index in [9.17, 15) is 4.79 Å². The fourth-order valence-electron chi connectivity index (χ4n) is 2.28. The van der Waals surface area contributed by atoms with Gasteiger partial charge < -0.3 is 4.42 Å². The van der Waals surface area contributed by atoms with Gasteiger partial charge in [-0.1, -0.05) is 30.3 Å². The molecule has 0 aliphatic rings. The number of nitrogens with zero attached hydrogens (tertiary/aromatic N) is 2. The maximum absolute atomic E-state index is 12.1. The lowest BCUT2D eigenvalue weighted by atomic mass is 10.2. The number of hydrogen-bond donors (Lipinski definition) is 0. The molecule has 4 rings (SSSR count). The quantitative estimate of drug-likeness (QED) is 0.529. The summed E-state index contributed by atoms with van der Waals surface area (Å²) in [5.41, 5.74) is 1.36. The predicted octanol–water partition coefficient (Wildman–Crippen LogP) is 3.13. The van der Waals surface area contributed by atoms with Crippen molar-refractivity contribution in [3.05, 3.63) is 71.0 Å². The van der Waals surface area contributed by atoms with E-state index in [1.165, 1.54) is 6.07 Å². The van der Waals surface area contributed by atoms with Crippen molar-refractivity contribution in [3.8, 4) is 5.88 Å². The zero-order valence-corrected chi connectivity index (χ0v) is 10.5. The molecule has 2 aromatic carbocycles. The second-order valence-corrected chi connectivity index (χ2v) is 4.58. The molecule has 0 aliphatic heterocycles. The van der Waals surface area contributed by atoms with E-state index in [4.69, 9.17) is 4.42 Å². The Bertz CT molecular complexity index is 949. The van der Waals surface area contributed by atoms with E-state index in [-0.39, 0.29) is 5.43 Å². The van der Waals surface area contributed by atoms with E-state index in [1.54, 1.807) is 16.8 Å². The molecule has 4 aromatic rings. The average Bonchev–Trinajstić information content (AvgIpc) is 2.91. The first-order chi connectivity index (χ1) is 9.81. The van der Waals surface area contributed by atoms with Crippen LogP contribution in [-0.4, -0.2) is 9.78 Å². The van der Waals surface area contributed by atoms with Crippen LogP contribution in [0.1, 0.15) is 0 Å². The van der Waals surface area contributed by atoms with Gasteiger partial charge in [-0.15, -0.1) is 0 Å². The van der Waals surface area contributed by atoms with Gasteiger partial charge in [-0.05, 0) is 18.2 Å². The molecule has 96 valence electrons. The van der Waals surface area contributed by atoms with Crippen LogP contribution >= 0.6 is 0 Å². The van der Waals surface area contributed by atoms with Gasteiger partial charge in [0.25, 0.3) is 0 Å². The lowest BCUT2D eigenvalue weighted by Gasteiger charge is -2.01. The number of fused-ring (bicyclic) bond motifs is 2. The van der Waals surface area contributed by atoms with Crippen LogP contribution in [0.5, 0.6) is 0 Å². The zero-order valence-electron chi connectivity index (χ0n) is 10.5. The standard InChI is InChI=1S/C16H10N2O2/c19-14-9-16(20-15-8-4-2-6-12(14)15)18-10-11-5-1-3-7-13(11)17-18/h1-10H. The second-order valence-electron chi connectivity index (χ2n) is 4.58. The summed E-state index contributed by atoms with van der Waals surface area (Å²) in [6.07, 6.45) is 1.85. The highest BCUT2D eigenvalue weighted by molar-refractivity contribution is 5.79. The van der Waals surface area contributed by atoms with Crippen LogP contribution in [0, 0.1) is 0 Å². The number of para-hydroxylation sites is 1. The maximum Gasteiger partial charge on any atom is 0.224 e. The van der Waals surface area contributed by atoms with E-state index in [1.807, 2.05) is 42.6 Å². The summed E-state index contributed by atoms with van der Waals surface area (Å²) in [5.74, 6) is 0.421. The Balaban J connectivity index is 1.99. The fraction of sp³-hybridized carbons (Fsp3) is 0. The normalized spacial score (nSPS) is 11.2. The van der Waals surface area contributed by atoms with Gasteiger partial charge >= 0.3 is 0 Å². The molecule has 0 spiro atoms. The van der Waals surface area contributed by atoms with Gasteiger partial charge in [0.1, 0.15) is 5.58 Å². The molecule has 0 saturated carbocycles. The van der Waals surface area contributed by atoms with Gasteiger partial charge in [-0.25, -0.2) is 4.68 Å². The first kappa shape index (κ1) is 11.0. The fourth-order valence-corrected chi connectivity index (χ4v) is 2.28. The summed E-state index contributed by atoms with van der Waals surface area (Å²) in [6, 6.07) is 16.4. The van der Waals surface area contributed by atoms with Crippen molar-refractivity contribution in [2.45, 2.75) is 0 Å². The molecule has 0 radical (unpaired) electrons. The van der Waals surface area contributed by atoms with Crippen LogP contribution in [0.3, 0.4) is 0 Å². The first-order valence-electron chi connectivity index (χ1n) is 6.29. The molecule has 4 heteroatoms. The smallest absolute Gasteiger partial charge is 0.224 e. The lowest BCUT2D eigenvalue weighted by molar-refractivity contribution is 0.549. The number of aromatic nitrogens is 2. The van der Waals surface area contributed by atoms with E-state index in [2.05, 4.69) is 5.10 Å². The minimum atomic E-state index is -0.0681. The Morgan fingerprint density at radius 3 is 2.70 bits per heavy atom. The van der Waals surface area contributed by atoms with E-state index >= 15 is 0 Å². The third-order valence-corrected chi connectivity index (χ3v) is 3.26. The average molecular weight is 262 g/mol. The summed E-state index contributed by atoms with van der Waals surface area (Å²) >= 11 is 0. The molecular formula is C16H10N2O2. The number of benzene rings is 2. The Morgan fingerprint density at radius 1 is 1.00 bits per heavy atom. The SMILES string of the molecule is O=c1cc(-n2cc3ccccc3n2)oc2ccccc12. The second kappa shape index (κ2) is 4.06. The molecule has 0 amide bonds. The van der Waals surface area contributed by atoms with Crippen LogP contribution in [0.4, 0.5) is 0 Å². The van der Waals surface area contributed by atoms with Crippen molar-refractivity contribution in [2.24, 2.45) is 0 Å². The highest BCUT2D eigenvalue weighted by atomic mass is 16.4. The van der Waals surface area contributed by atoms with Crippen molar-refractivity contribution in [2.75, 3.05) is 0 Å². The van der Waals surface area contributed by atoms with E-state index in [0.29, 0.717) is 16.9 Å². The van der Waals surface area contributed by atoms with Crippen molar-refractivity contribution < 1.29 is 4.42 Å². The highest BCUT2D eigenvalue weighted by Crippen LogP contribution is 2.17. The van der Waals surface area contributed by atoms with Crippen LogP contribution in [-0.2, 0) is 0 Å². The molecule has 4 nitrogen and oxygen atoms in total. The van der Waals surface area contributed by atoms with Gasteiger partial charge in [-0.3, -0.25) is 4.79 Å². The van der Waals surface area contributed by atoms with Crippen LogP contribution in [0.25, 0.3) is 27.8 Å². The first-order valence-corrected chi connectivity index (χ1v) is 6.29. The van der Waals surface area contributed by atoms with Gasteiger partial charge in [-0.2, -0.15) is 5.10 Å². The summed E-state index contributed by atoms with van der Waals surface area (Å²) in [6.45, 7) is 0. The highest BCUT2D eigenvalue weighted by Gasteiger charge is 2.08. The predicted molar refractivity (Wildman–Crippen MR) is 77.1 cm³/mol. The van der Waals surface area contributed by atoms with Crippen LogP contribution in [0.2, 0.25) is 0 Å². The molecule has 0 unspecified atom stereocenters. The molecule has 20 heavy (non-hydrogen) atoms. The minimum absolute atomic E-state index is 0.0681. The van der Waals surface area contributed by atoms with Crippen molar-refractivity contribution in [1.29, 1.82) is 0 Å². The summed E-state index contributed by atoms with van der Waals surface area (Å²) < 4.78 is 7.35. The lowest BCUT2D eigenvalue weighted by Crippen LogP contribution is -2.04. The summed E-state index contributed by atoms with van der Waals surface area (Å²) in [5, 5.41) is 5.99. The molecular weight excluding hydrogens is 252 g/mol. The Kier molecular flexibility index (Phi) is 2.23. The van der Waals surface area contributed by atoms with Crippen LogP contribution < -0.4 is 5.43 Å². The molecule has 0 aliphatic carbocycles. The third-order valence-electron chi connectivity index (χ3n) is 3.26. The molecule has 0 fully saturated rings. The molecule has 2 heterocycles. The maximum atomic E-state index is 12.1. The summed E-state index contributed by atoms with van der Waals surface area (Å²) in [4.78, 5) is 12.1. The molecule has 0 atom stereocenters. The van der Waals surface area contributed by atoms with Crippen molar-refractivity contribution >= 4 is 21.9 Å². The Labute approximate surface area is 113 Å². The Hall–Kier alpha value is -2.88. The summed E-state index contributed by atoms with van der Waals surface area (Å²) in [7, 11) is 0. The van der Waals surface area contributed by atoms with Gasteiger partial charge in [0.05, 0.1) is 10.9 Å². The molecule has 2 aromatic heterocycles. The number of rotatable bonds is 1. The molecule has 0 saturated heterocycles. The van der Waals surface area contributed by atoms with Crippen LogP contribution in [0.15, 0.2) is 70.0 Å².